The Bertz CT molecular complexity index is 372. The fourth-order valence-corrected chi connectivity index (χ4v) is 2.26. The molecule has 2 atom stereocenters. The molecule has 0 bridgehead atoms. The molecule has 5 heteroatoms. The number of rotatable bonds is 6. The molecule has 0 spiro atoms. The van der Waals surface area contributed by atoms with Crippen LogP contribution in [-0.2, 0) is 0 Å². The Labute approximate surface area is 108 Å². The molecule has 1 heterocycles. The molecule has 5 nitrogen and oxygen atoms in total. The van der Waals surface area contributed by atoms with E-state index in [1.165, 1.54) is 12.8 Å². The molecule has 1 fully saturated rings. The maximum atomic E-state index is 6.03. The number of nitrogens with two attached hydrogens (primary N) is 1. The van der Waals surface area contributed by atoms with E-state index in [9.17, 15) is 0 Å². The number of nitrogens with zero attached hydrogens (tertiary/aromatic N) is 2. The van der Waals surface area contributed by atoms with Gasteiger partial charge in [-0.25, -0.2) is 4.98 Å². The standard InChI is InChI=1S/C13H22N4O/c1-2-8-18-12-6-7-15-13(17-12)16-9-10-4-3-5-11(10)14/h6-7,10-11H,2-5,8-9,14H2,1H3,(H,15,16,17). The summed E-state index contributed by atoms with van der Waals surface area (Å²) >= 11 is 0. The smallest absolute Gasteiger partial charge is 0.225 e. The van der Waals surface area contributed by atoms with Crippen molar-refractivity contribution in [2.24, 2.45) is 11.7 Å². The second-order valence-electron chi connectivity index (χ2n) is 4.80. The van der Waals surface area contributed by atoms with Gasteiger partial charge >= 0.3 is 0 Å². The molecule has 1 aliphatic rings. The average Bonchev–Trinajstić information content (AvgIpc) is 2.80. The molecule has 1 aromatic heterocycles. The normalized spacial score (nSPS) is 23.0. The molecular weight excluding hydrogens is 228 g/mol. The molecule has 3 N–H and O–H groups in total. The van der Waals surface area contributed by atoms with Crippen molar-refractivity contribution >= 4 is 5.95 Å². The summed E-state index contributed by atoms with van der Waals surface area (Å²) in [5, 5.41) is 3.25. The zero-order chi connectivity index (χ0) is 12.8. The van der Waals surface area contributed by atoms with Gasteiger partial charge in [0, 0.05) is 24.8 Å². The third kappa shape index (κ3) is 3.57. The Hall–Kier alpha value is -1.36. The van der Waals surface area contributed by atoms with Crippen molar-refractivity contribution in [1.82, 2.24) is 9.97 Å². The monoisotopic (exact) mass is 250 g/mol. The third-order valence-corrected chi connectivity index (χ3v) is 3.32. The van der Waals surface area contributed by atoms with E-state index in [-0.39, 0.29) is 0 Å². The Morgan fingerprint density at radius 1 is 1.50 bits per heavy atom. The van der Waals surface area contributed by atoms with Crippen LogP contribution in [0.4, 0.5) is 5.95 Å². The van der Waals surface area contributed by atoms with Gasteiger partial charge in [0.15, 0.2) is 0 Å². The summed E-state index contributed by atoms with van der Waals surface area (Å²) in [7, 11) is 0. The van der Waals surface area contributed by atoms with Crippen LogP contribution in [0.25, 0.3) is 0 Å². The summed E-state index contributed by atoms with van der Waals surface area (Å²) in [5.74, 6) is 1.79. The van der Waals surface area contributed by atoms with E-state index in [1.807, 2.05) is 0 Å². The quantitative estimate of drug-likeness (QED) is 0.805. The molecule has 1 saturated carbocycles. The van der Waals surface area contributed by atoms with Gasteiger partial charge in [-0.2, -0.15) is 4.98 Å². The molecule has 2 rings (SSSR count). The summed E-state index contributed by atoms with van der Waals surface area (Å²) in [5.41, 5.74) is 6.03. The van der Waals surface area contributed by atoms with Gasteiger partial charge < -0.3 is 15.8 Å². The van der Waals surface area contributed by atoms with Gasteiger partial charge in [0.1, 0.15) is 0 Å². The van der Waals surface area contributed by atoms with Crippen molar-refractivity contribution in [3.05, 3.63) is 12.3 Å². The number of aromatic nitrogens is 2. The fourth-order valence-electron chi connectivity index (χ4n) is 2.26. The van der Waals surface area contributed by atoms with Gasteiger partial charge in [0.2, 0.25) is 11.8 Å². The van der Waals surface area contributed by atoms with E-state index in [1.54, 1.807) is 12.3 Å². The second-order valence-corrected chi connectivity index (χ2v) is 4.80. The molecular formula is C13H22N4O. The van der Waals surface area contributed by atoms with Gasteiger partial charge in [-0.15, -0.1) is 0 Å². The zero-order valence-electron chi connectivity index (χ0n) is 10.9. The lowest BCUT2D eigenvalue weighted by molar-refractivity contribution is 0.305. The van der Waals surface area contributed by atoms with E-state index in [0.29, 0.717) is 30.4 Å². The van der Waals surface area contributed by atoms with Crippen LogP contribution >= 0.6 is 0 Å². The highest BCUT2D eigenvalue weighted by atomic mass is 16.5. The van der Waals surface area contributed by atoms with Crippen LogP contribution in [0.15, 0.2) is 12.3 Å². The minimum absolute atomic E-state index is 0.317. The van der Waals surface area contributed by atoms with Crippen LogP contribution in [0.3, 0.4) is 0 Å². The van der Waals surface area contributed by atoms with Crippen LogP contribution in [0.5, 0.6) is 5.88 Å². The largest absolute Gasteiger partial charge is 0.478 e. The third-order valence-electron chi connectivity index (χ3n) is 3.32. The van der Waals surface area contributed by atoms with Crippen LogP contribution in [0.1, 0.15) is 32.6 Å². The Balaban J connectivity index is 1.84. The van der Waals surface area contributed by atoms with Crippen molar-refractivity contribution in [2.75, 3.05) is 18.5 Å². The van der Waals surface area contributed by atoms with E-state index < -0.39 is 0 Å². The van der Waals surface area contributed by atoms with Crippen LogP contribution in [-0.4, -0.2) is 29.2 Å². The summed E-state index contributed by atoms with van der Waals surface area (Å²) in [6.45, 7) is 3.60. The topological polar surface area (TPSA) is 73.1 Å². The summed E-state index contributed by atoms with van der Waals surface area (Å²) in [6.07, 6.45) is 6.25. The highest BCUT2D eigenvalue weighted by Gasteiger charge is 2.23. The SMILES string of the molecule is CCCOc1ccnc(NCC2CCCC2N)n1. The fraction of sp³-hybridized carbons (Fsp3) is 0.692. The number of ether oxygens (including phenoxy) is 1. The van der Waals surface area contributed by atoms with E-state index >= 15 is 0 Å². The van der Waals surface area contributed by atoms with Crippen LogP contribution < -0.4 is 15.8 Å². The lowest BCUT2D eigenvalue weighted by atomic mass is 10.1. The Kier molecular flexibility index (Phi) is 4.75. The van der Waals surface area contributed by atoms with Crippen molar-refractivity contribution in [1.29, 1.82) is 0 Å². The molecule has 0 saturated heterocycles. The van der Waals surface area contributed by atoms with Crippen LogP contribution in [0.2, 0.25) is 0 Å². The first-order valence-electron chi connectivity index (χ1n) is 6.75. The number of nitrogens with one attached hydrogen (secondary N) is 1. The molecule has 1 aliphatic carbocycles. The van der Waals surface area contributed by atoms with E-state index in [2.05, 4.69) is 22.2 Å². The average molecular weight is 250 g/mol. The maximum Gasteiger partial charge on any atom is 0.225 e. The van der Waals surface area contributed by atoms with Crippen molar-refractivity contribution < 1.29 is 4.74 Å². The van der Waals surface area contributed by atoms with Gasteiger partial charge in [-0.05, 0) is 25.2 Å². The summed E-state index contributed by atoms with van der Waals surface area (Å²) < 4.78 is 5.47. The number of hydrogen-bond donors (Lipinski definition) is 2. The first kappa shape index (κ1) is 13.1. The van der Waals surface area contributed by atoms with E-state index in [4.69, 9.17) is 10.5 Å². The number of hydrogen-bond acceptors (Lipinski definition) is 5. The first-order chi connectivity index (χ1) is 8.79. The minimum atomic E-state index is 0.317. The van der Waals surface area contributed by atoms with Gasteiger partial charge in [-0.3, -0.25) is 0 Å². The predicted octanol–water partition coefficient (Wildman–Crippen LogP) is 1.80. The maximum absolute atomic E-state index is 6.03. The molecule has 0 aromatic carbocycles. The van der Waals surface area contributed by atoms with Crippen molar-refractivity contribution in [2.45, 2.75) is 38.6 Å². The van der Waals surface area contributed by atoms with Gasteiger partial charge in [0.25, 0.3) is 0 Å². The lowest BCUT2D eigenvalue weighted by Gasteiger charge is -2.15. The Morgan fingerprint density at radius 2 is 2.39 bits per heavy atom. The lowest BCUT2D eigenvalue weighted by Crippen LogP contribution is -2.30. The first-order valence-corrected chi connectivity index (χ1v) is 6.75. The number of anilines is 1. The highest BCUT2D eigenvalue weighted by molar-refractivity contribution is 5.27. The second kappa shape index (κ2) is 6.54. The molecule has 2 unspecified atom stereocenters. The molecule has 0 radical (unpaired) electrons. The predicted molar refractivity (Wildman–Crippen MR) is 71.6 cm³/mol. The molecule has 100 valence electrons. The highest BCUT2D eigenvalue weighted by Crippen LogP contribution is 2.24. The molecule has 0 amide bonds. The van der Waals surface area contributed by atoms with Crippen LogP contribution in [0, 0.1) is 5.92 Å². The van der Waals surface area contributed by atoms with Crippen molar-refractivity contribution in [3.8, 4) is 5.88 Å². The van der Waals surface area contributed by atoms with Gasteiger partial charge in [0.05, 0.1) is 6.61 Å². The zero-order valence-corrected chi connectivity index (χ0v) is 10.9. The summed E-state index contributed by atoms with van der Waals surface area (Å²) in [6, 6.07) is 2.10. The van der Waals surface area contributed by atoms with Gasteiger partial charge in [-0.1, -0.05) is 13.3 Å². The minimum Gasteiger partial charge on any atom is -0.478 e. The molecule has 1 aromatic rings. The molecule has 0 aliphatic heterocycles. The summed E-state index contributed by atoms with van der Waals surface area (Å²) in [4.78, 5) is 8.50. The van der Waals surface area contributed by atoms with E-state index in [0.717, 1.165) is 19.4 Å². The molecule has 18 heavy (non-hydrogen) atoms. The van der Waals surface area contributed by atoms with Crippen molar-refractivity contribution in [3.63, 3.8) is 0 Å². The Morgan fingerprint density at radius 3 is 3.11 bits per heavy atom.